The number of benzene rings is 1. The summed E-state index contributed by atoms with van der Waals surface area (Å²) in [6, 6.07) is 5.02. The molecule has 2 N–H and O–H groups in total. The Balaban J connectivity index is 2.23. The second kappa shape index (κ2) is 5.25. The summed E-state index contributed by atoms with van der Waals surface area (Å²) in [6.07, 6.45) is 1.85. The normalized spacial score (nSPS) is 22.2. The van der Waals surface area contributed by atoms with Gasteiger partial charge in [-0.05, 0) is 44.6 Å². The molecule has 1 heterocycles. The number of carboxylic acids is 1. The highest BCUT2D eigenvalue weighted by molar-refractivity contribution is 8.01. The van der Waals surface area contributed by atoms with Gasteiger partial charge in [0.1, 0.15) is 0 Å². The number of carbonyl (C=O) groups excluding carboxylic acids is 1. The highest BCUT2D eigenvalue weighted by atomic mass is 32.2. The molecule has 0 aliphatic carbocycles. The van der Waals surface area contributed by atoms with E-state index in [4.69, 9.17) is 0 Å². The summed E-state index contributed by atoms with van der Waals surface area (Å²) in [6.45, 7) is 3.74. The van der Waals surface area contributed by atoms with Crippen LogP contribution in [0.1, 0.15) is 35.7 Å². The lowest BCUT2D eigenvalue weighted by Gasteiger charge is -2.22. The predicted molar refractivity (Wildman–Crippen MR) is 76.9 cm³/mol. The van der Waals surface area contributed by atoms with Crippen LogP contribution in [-0.4, -0.2) is 27.5 Å². The minimum Gasteiger partial charge on any atom is -0.478 e. The number of rotatable bonds is 3. The number of hydrogen-bond acceptors (Lipinski definition) is 3. The summed E-state index contributed by atoms with van der Waals surface area (Å²) in [7, 11) is 0. The molecule has 4 nitrogen and oxygen atoms in total. The average molecular weight is 279 g/mol. The van der Waals surface area contributed by atoms with E-state index in [0.717, 1.165) is 24.2 Å². The quantitative estimate of drug-likeness (QED) is 0.892. The van der Waals surface area contributed by atoms with E-state index >= 15 is 0 Å². The fraction of sp³-hybridized carbons (Fsp3) is 0.429. The molecule has 0 bridgehead atoms. The summed E-state index contributed by atoms with van der Waals surface area (Å²) >= 11 is 1.63. The number of amides is 1. The van der Waals surface area contributed by atoms with Crippen molar-refractivity contribution in [3.63, 3.8) is 0 Å². The molecule has 1 unspecified atom stereocenters. The SMILES string of the molecule is Cc1ccc(NC(=O)C2(C)CCCS2)c(C(=O)O)c1. The van der Waals surface area contributed by atoms with Crippen LogP contribution in [0.5, 0.6) is 0 Å². The van der Waals surface area contributed by atoms with Crippen LogP contribution in [0.3, 0.4) is 0 Å². The Kier molecular flexibility index (Phi) is 3.85. The van der Waals surface area contributed by atoms with E-state index < -0.39 is 10.7 Å². The molecule has 1 amide bonds. The second-order valence-electron chi connectivity index (χ2n) is 4.99. The first-order valence-electron chi connectivity index (χ1n) is 6.22. The van der Waals surface area contributed by atoms with Crippen LogP contribution in [0.15, 0.2) is 18.2 Å². The molecule has 1 atom stereocenters. The zero-order valence-electron chi connectivity index (χ0n) is 11.0. The monoisotopic (exact) mass is 279 g/mol. The fourth-order valence-electron chi connectivity index (χ4n) is 2.16. The Labute approximate surface area is 116 Å². The lowest BCUT2D eigenvalue weighted by atomic mass is 10.0. The van der Waals surface area contributed by atoms with Gasteiger partial charge in [-0.1, -0.05) is 11.6 Å². The lowest BCUT2D eigenvalue weighted by molar-refractivity contribution is -0.118. The molecule has 1 saturated heterocycles. The van der Waals surface area contributed by atoms with Crippen molar-refractivity contribution in [2.75, 3.05) is 11.1 Å². The highest BCUT2D eigenvalue weighted by Gasteiger charge is 2.37. The molecular weight excluding hydrogens is 262 g/mol. The van der Waals surface area contributed by atoms with Crippen LogP contribution in [-0.2, 0) is 4.79 Å². The minimum atomic E-state index is -1.02. The number of aryl methyl sites for hydroxylation is 1. The van der Waals surface area contributed by atoms with Gasteiger partial charge < -0.3 is 10.4 Å². The van der Waals surface area contributed by atoms with Gasteiger partial charge in [0.2, 0.25) is 5.91 Å². The zero-order chi connectivity index (χ0) is 14.0. The van der Waals surface area contributed by atoms with Crippen molar-refractivity contribution >= 4 is 29.3 Å². The van der Waals surface area contributed by atoms with E-state index in [-0.39, 0.29) is 11.5 Å². The summed E-state index contributed by atoms with van der Waals surface area (Å²) in [4.78, 5) is 23.5. The number of hydrogen-bond donors (Lipinski definition) is 2. The number of anilines is 1. The molecule has 5 heteroatoms. The smallest absolute Gasteiger partial charge is 0.337 e. The molecule has 0 aromatic heterocycles. The van der Waals surface area contributed by atoms with Crippen LogP contribution in [0.2, 0.25) is 0 Å². The van der Waals surface area contributed by atoms with Crippen LogP contribution in [0.25, 0.3) is 0 Å². The molecule has 1 aliphatic rings. The van der Waals surface area contributed by atoms with E-state index in [1.165, 1.54) is 0 Å². The van der Waals surface area contributed by atoms with Crippen molar-refractivity contribution in [1.82, 2.24) is 0 Å². The largest absolute Gasteiger partial charge is 0.478 e. The molecule has 1 aliphatic heterocycles. The number of aromatic carboxylic acids is 1. The maximum absolute atomic E-state index is 12.3. The van der Waals surface area contributed by atoms with Crippen molar-refractivity contribution in [3.8, 4) is 0 Å². The van der Waals surface area contributed by atoms with Gasteiger partial charge in [-0.15, -0.1) is 11.8 Å². The van der Waals surface area contributed by atoms with E-state index in [9.17, 15) is 14.7 Å². The van der Waals surface area contributed by atoms with Gasteiger partial charge in [-0.25, -0.2) is 4.79 Å². The van der Waals surface area contributed by atoms with Gasteiger partial charge >= 0.3 is 5.97 Å². The van der Waals surface area contributed by atoms with Crippen LogP contribution in [0.4, 0.5) is 5.69 Å². The second-order valence-corrected chi connectivity index (χ2v) is 6.59. The third-order valence-corrected chi connectivity index (χ3v) is 4.87. The van der Waals surface area contributed by atoms with E-state index in [0.29, 0.717) is 5.69 Å². The van der Waals surface area contributed by atoms with E-state index in [1.807, 2.05) is 13.8 Å². The van der Waals surface area contributed by atoms with Gasteiger partial charge in [0.15, 0.2) is 0 Å². The Morgan fingerprint density at radius 1 is 1.42 bits per heavy atom. The molecule has 2 rings (SSSR count). The molecule has 19 heavy (non-hydrogen) atoms. The van der Waals surface area contributed by atoms with Crippen molar-refractivity contribution in [3.05, 3.63) is 29.3 Å². The number of thioether (sulfide) groups is 1. The zero-order valence-corrected chi connectivity index (χ0v) is 11.8. The Morgan fingerprint density at radius 2 is 2.16 bits per heavy atom. The molecule has 0 saturated carbocycles. The van der Waals surface area contributed by atoms with Crippen LogP contribution >= 0.6 is 11.8 Å². The lowest BCUT2D eigenvalue weighted by Crippen LogP contribution is -2.35. The standard InChI is InChI=1S/C14H17NO3S/c1-9-4-5-11(10(8-9)12(16)17)15-13(18)14(2)6-3-7-19-14/h4-5,8H,3,6-7H2,1-2H3,(H,15,18)(H,16,17). The molecule has 1 aromatic rings. The summed E-state index contributed by atoms with van der Waals surface area (Å²) < 4.78 is -0.444. The van der Waals surface area contributed by atoms with E-state index in [2.05, 4.69) is 5.32 Å². The minimum absolute atomic E-state index is 0.110. The van der Waals surface area contributed by atoms with Crippen molar-refractivity contribution in [1.29, 1.82) is 0 Å². The Morgan fingerprint density at radius 3 is 2.74 bits per heavy atom. The molecular formula is C14H17NO3S. The van der Waals surface area contributed by atoms with Gasteiger partial charge in [-0.3, -0.25) is 4.79 Å². The Bertz CT molecular complexity index is 521. The van der Waals surface area contributed by atoms with Crippen molar-refractivity contribution < 1.29 is 14.7 Å². The fourth-order valence-corrected chi connectivity index (χ4v) is 3.37. The maximum atomic E-state index is 12.3. The van der Waals surface area contributed by atoms with Crippen LogP contribution in [0, 0.1) is 6.92 Å². The third kappa shape index (κ3) is 2.92. The van der Waals surface area contributed by atoms with Gasteiger partial charge in [0.05, 0.1) is 16.0 Å². The van der Waals surface area contributed by atoms with E-state index in [1.54, 1.807) is 30.0 Å². The van der Waals surface area contributed by atoms with Gasteiger partial charge in [0.25, 0.3) is 0 Å². The number of carbonyl (C=O) groups is 2. The number of nitrogens with one attached hydrogen (secondary N) is 1. The predicted octanol–water partition coefficient (Wildman–Crippen LogP) is 2.92. The molecule has 0 spiro atoms. The summed E-state index contributed by atoms with van der Waals surface area (Å²) in [5.74, 6) is -0.159. The molecule has 1 fully saturated rings. The maximum Gasteiger partial charge on any atom is 0.337 e. The molecule has 1 aromatic carbocycles. The van der Waals surface area contributed by atoms with Crippen molar-refractivity contribution in [2.24, 2.45) is 0 Å². The highest BCUT2D eigenvalue weighted by Crippen LogP contribution is 2.38. The third-order valence-electron chi connectivity index (χ3n) is 3.35. The van der Waals surface area contributed by atoms with Gasteiger partial charge in [-0.2, -0.15) is 0 Å². The topological polar surface area (TPSA) is 66.4 Å². The van der Waals surface area contributed by atoms with Crippen molar-refractivity contribution in [2.45, 2.75) is 31.4 Å². The number of carboxylic acid groups (broad SMARTS) is 1. The first-order valence-corrected chi connectivity index (χ1v) is 7.20. The summed E-state index contributed by atoms with van der Waals surface area (Å²) in [5, 5.41) is 11.9. The van der Waals surface area contributed by atoms with Crippen LogP contribution < -0.4 is 5.32 Å². The van der Waals surface area contributed by atoms with Gasteiger partial charge in [0, 0.05) is 0 Å². The summed E-state index contributed by atoms with van der Waals surface area (Å²) in [5.41, 5.74) is 1.37. The first kappa shape index (κ1) is 13.9. The molecule has 102 valence electrons. The Hall–Kier alpha value is -1.49. The molecule has 0 radical (unpaired) electrons. The first-order chi connectivity index (χ1) is 8.92. The average Bonchev–Trinajstić information content (AvgIpc) is 2.79.